The van der Waals surface area contributed by atoms with Crippen LogP contribution in [0.25, 0.3) is 0 Å². The summed E-state index contributed by atoms with van der Waals surface area (Å²) < 4.78 is 0. The molecule has 0 bridgehead atoms. The molecule has 1 N–H and O–H groups in total. The van der Waals surface area contributed by atoms with Gasteiger partial charge in [0, 0.05) is 38.4 Å². The summed E-state index contributed by atoms with van der Waals surface area (Å²) in [5.41, 5.74) is 0.568. The average Bonchev–Trinajstić information content (AvgIpc) is 3.39. The zero-order valence-electron chi connectivity index (χ0n) is 21.9. The van der Waals surface area contributed by atoms with Crippen molar-refractivity contribution in [3.8, 4) is 0 Å². The van der Waals surface area contributed by atoms with E-state index < -0.39 is 0 Å². The molecule has 1 aromatic rings. The van der Waals surface area contributed by atoms with E-state index >= 15 is 0 Å². The molecule has 194 valence electrons. The number of rotatable bonds is 16. The predicted octanol–water partition coefficient (Wildman–Crippen LogP) is 6.58. The highest BCUT2D eigenvalue weighted by Crippen LogP contribution is 2.17. The Morgan fingerprint density at radius 3 is 2.22 bits per heavy atom. The third-order valence-corrected chi connectivity index (χ3v) is 6.03. The van der Waals surface area contributed by atoms with Crippen molar-refractivity contribution in [3.05, 3.63) is 90.9 Å². The average molecular weight is 490 g/mol. The lowest BCUT2D eigenvalue weighted by atomic mass is 10.1. The number of amides is 2. The molecule has 2 rings (SSSR count). The fourth-order valence-electron chi connectivity index (χ4n) is 3.96. The Kier molecular flexibility index (Phi) is 15.3. The molecule has 2 heterocycles. The van der Waals surface area contributed by atoms with E-state index in [4.69, 9.17) is 0 Å². The van der Waals surface area contributed by atoms with Crippen LogP contribution in [0.15, 0.2) is 85.3 Å². The monoisotopic (exact) mass is 489 g/mol. The second-order valence-electron chi connectivity index (χ2n) is 9.05. The summed E-state index contributed by atoms with van der Waals surface area (Å²) in [4.78, 5) is 30.6. The normalized spacial score (nSPS) is 16.5. The molecule has 1 aliphatic heterocycles. The van der Waals surface area contributed by atoms with E-state index in [1.807, 2.05) is 4.90 Å². The maximum atomic E-state index is 12.5. The third kappa shape index (κ3) is 13.0. The fourth-order valence-corrected chi connectivity index (χ4v) is 3.96. The van der Waals surface area contributed by atoms with E-state index in [9.17, 15) is 9.59 Å². The molecule has 5 heteroatoms. The van der Waals surface area contributed by atoms with Crippen molar-refractivity contribution in [2.45, 2.75) is 64.7 Å². The number of nitrogens with zero attached hydrogens (tertiary/aromatic N) is 2. The Morgan fingerprint density at radius 2 is 1.61 bits per heavy atom. The van der Waals surface area contributed by atoms with Crippen LogP contribution in [0, 0.1) is 5.92 Å². The highest BCUT2D eigenvalue weighted by molar-refractivity contribution is 5.93. The van der Waals surface area contributed by atoms with Crippen molar-refractivity contribution < 1.29 is 9.59 Å². The summed E-state index contributed by atoms with van der Waals surface area (Å²) in [6.07, 6.45) is 33.5. The second kappa shape index (κ2) is 19.0. The number of pyridine rings is 1. The summed E-state index contributed by atoms with van der Waals surface area (Å²) in [5.74, 6) is 0.439. The van der Waals surface area contributed by atoms with Crippen molar-refractivity contribution in [1.82, 2.24) is 15.2 Å². The number of carbonyl (C=O) groups excluding carboxylic acids is 2. The number of hydrogen-bond donors (Lipinski definition) is 1. The summed E-state index contributed by atoms with van der Waals surface area (Å²) in [7, 11) is 0. The van der Waals surface area contributed by atoms with E-state index in [1.54, 1.807) is 24.5 Å². The van der Waals surface area contributed by atoms with Crippen LogP contribution in [0.1, 0.15) is 75.1 Å². The topological polar surface area (TPSA) is 62.3 Å². The zero-order valence-corrected chi connectivity index (χ0v) is 21.9. The minimum atomic E-state index is -0.107. The first-order valence-electron chi connectivity index (χ1n) is 13.4. The first kappa shape index (κ1) is 29.0. The molecule has 5 nitrogen and oxygen atoms in total. The van der Waals surface area contributed by atoms with Crippen LogP contribution >= 0.6 is 0 Å². The maximum absolute atomic E-state index is 12.5. The Hall–Kier alpha value is -3.21. The van der Waals surface area contributed by atoms with Gasteiger partial charge in [0.15, 0.2) is 0 Å². The molecule has 0 saturated carbocycles. The molecule has 2 amide bonds. The standard InChI is InChI=1S/C31H43N3O2/c1-2-3-4-5-6-7-8-9-10-11-12-13-14-15-16-17-18-21-30(35)34-24-22-28(27-34)25-33-31(36)29-20-19-23-32-26-29/h3-4,6-7,9-10,12-13,15-16,19-20,23,26,28H,2,5,8,11,14,17-18,21-22,24-25,27H2,1H3,(H,33,36)/t28-/m1/s1. The second-order valence-corrected chi connectivity index (χ2v) is 9.05. The zero-order chi connectivity index (χ0) is 25.7. The van der Waals surface area contributed by atoms with Gasteiger partial charge in [-0.15, -0.1) is 0 Å². The van der Waals surface area contributed by atoms with Crippen LogP contribution in [0.3, 0.4) is 0 Å². The highest BCUT2D eigenvalue weighted by Gasteiger charge is 2.26. The van der Waals surface area contributed by atoms with Crippen molar-refractivity contribution in [1.29, 1.82) is 0 Å². The summed E-state index contributed by atoms with van der Waals surface area (Å²) >= 11 is 0. The van der Waals surface area contributed by atoms with Gasteiger partial charge in [0.05, 0.1) is 5.56 Å². The molecule has 1 aliphatic rings. The van der Waals surface area contributed by atoms with Crippen molar-refractivity contribution in [3.63, 3.8) is 0 Å². The van der Waals surface area contributed by atoms with Crippen LogP contribution in [0.4, 0.5) is 0 Å². The van der Waals surface area contributed by atoms with Gasteiger partial charge in [-0.2, -0.15) is 0 Å². The van der Waals surface area contributed by atoms with Crippen LogP contribution in [-0.2, 0) is 4.79 Å². The molecule has 0 spiro atoms. The van der Waals surface area contributed by atoms with Gasteiger partial charge in [-0.25, -0.2) is 0 Å². The lowest BCUT2D eigenvalue weighted by Gasteiger charge is -2.16. The molecule has 1 atom stereocenters. The SMILES string of the molecule is CCC=CCC=CCC=CCC=CCC=CCCCC(=O)N1CC[C@H](CNC(=O)c2cccnc2)C1. The first-order valence-corrected chi connectivity index (χ1v) is 13.4. The van der Waals surface area contributed by atoms with Crippen LogP contribution in [-0.4, -0.2) is 41.3 Å². The Balaban J connectivity index is 1.47. The Bertz CT molecular complexity index is 900. The number of aromatic nitrogens is 1. The van der Waals surface area contributed by atoms with Crippen LogP contribution < -0.4 is 5.32 Å². The molecule has 0 aliphatic carbocycles. The molecule has 36 heavy (non-hydrogen) atoms. The lowest BCUT2D eigenvalue weighted by Crippen LogP contribution is -2.33. The number of allylic oxidation sites excluding steroid dienone is 10. The molecule has 0 radical (unpaired) electrons. The van der Waals surface area contributed by atoms with Crippen molar-refractivity contribution in [2.24, 2.45) is 5.92 Å². The van der Waals surface area contributed by atoms with E-state index in [2.05, 4.69) is 78.0 Å². The largest absolute Gasteiger partial charge is 0.352 e. The van der Waals surface area contributed by atoms with Crippen molar-refractivity contribution >= 4 is 11.8 Å². The first-order chi connectivity index (χ1) is 17.7. The maximum Gasteiger partial charge on any atom is 0.252 e. The van der Waals surface area contributed by atoms with Gasteiger partial charge in [-0.05, 0) is 69.4 Å². The Labute approximate surface area is 217 Å². The van der Waals surface area contributed by atoms with Gasteiger partial charge >= 0.3 is 0 Å². The van der Waals surface area contributed by atoms with Gasteiger partial charge in [-0.1, -0.05) is 67.7 Å². The predicted molar refractivity (Wildman–Crippen MR) is 150 cm³/mol. The van der Waals surface area contributed by atoms with E-state index in [1.165, 1.54) is 0 Å². The molecule has 0 unspecified atom stereocenters. The number of hydrogen-bond acceptors (Lipinski definition) is 3. The van der Waals surface area contributed by atoms with Gasteiger partial charge in [0.2, 0.25) is 5.91 Å². The molecule has 0 aromatic carbocycles. The van der Waals surface area contributed by atoms with Gasteiger partial charge < -0.3 is 10.2 Å². The molecule has 1 saturated heterocycles. The highest BCUT2D eigenvalue weighted by atomic mass is 16.2. The smallest absolute Gasteiger partial charge is 0.252 e. The quantitative estimate of drug-likeness (QED) is 0.211. The lowest BCUT2D eigenvalue weighted by molar-refractivity contribution is -0.130. The van der Waals surface area contributed by atoms with E-state index in [0.29, 0.717) is 24.4 Å². The minimum absolute atomic E-state index is 0.107. The van der Waals surface area contributed by atoms with E-state index in [0.717, 1.165) is 64.5 Å². The van der Waals surface area contributed by atoms with Crippen LogP contribution in [0.5, 0.6) is 0 Å². The van der Waals surface area contributed by atoms with Gasteiger partial charge in [0.1, 0.15) is 0 Å². The number of likely N-dealkylation sites (tertiary alicyclic amines) is 1. The fraction of sp³-hybridized carbons (Fsp3) is 0.452. The minimum Gasteiger partial charge on any atom is -0.352 e. The number of carbonyl (C=O) groups is 2. The Morgan fingerprint density at radius 1 is 0.972 bits per heavy atom. The van der Waals surface area contributed by atoms with Crippen LogP contribution in [0.2, 0.25) is 0 Å². The number of nitrogens with one attached hydrogen (secondary N) is 1. The summed E-state index contributed by atoms with van der Waals surface area (Å²) in [5, 5.41) is 2.96. The molecular weight excluding hydrogens is 446 g/mol. The number of unbranched alkanes of at least 4 members (excludes halogenated alkanes) is 1. The van der Waals surface area contributed by atoms with E-state index in [-0.39, 0.29) is 11.8 Å². The summed E-state index contributed by atoms with van der Waals surface area (Å²) in [6, 6.07) is 3.51. The van der Waals surface area contributed by atoms with Gasteiger partial charge in [0.25, 0.3) is 5.91 Å². The van der Waals surface area contributed by atoms with Crippen molar-refractivity contribution in [2.75, 3.05) is 19.6 Å². The third-order valence-electron chi connectivity index (χ3n) is 6.03. The van der Waals surface area contributed by atoms with Gasteiger partial charge in [-0.3, -0.25) is 14.6 Å². The molecular formula is C31H43N3O2. The summed E-state index contributed by atoms with van der Waals surface area (Å²) in [6.45, 7) is 4.26. The molecule has 1 fully saturated rings. The molecule has 1 aromatic heterocycles.